The number of nitrogens with zero attached hydrogens (tertiary/aromatic N) is 4. The molecule has 4 aromatic carbocycles. The highest BCUT2D eigenvalue weighted by Gasteiger charge is 2.17. The van der Waals surface area contributed by atoms with Crippen LogP contribution < -0.4 is 0 Å². The van der Waals surface area contributed by atoms with E-state index in [9.17, 15) is 0 Å². The van der Waals surface area contributed by atoms with Crippen molar-refractivity contribution in [3.8, 4) is 28.2 Å². The number of pyridine rings is 3. The predicted octanol–water partition coefficient (Wildman–Crippen LogP) is 8.61. The van der Waals surface area contributed by atoms with Crippen molar-refractivity contribution in [1.82, 2.24) is 19.5 Å². The summed E-state index contributed by atoms with van der Waals surface area (Å²) in [6.07, 6.45) is 7.48. The third kappa shape index (κ3) is 3.42. The second kappa shape index (κ2) is 8.61. The molecule has 0 saturated heterocycles. The Kier molecular flexibility index (Phi) is 4.79. The lowest BCUT2D eigenvalue weighted by molar-refractivity contribution is 1.08. The summed E-state index contributed by atoms with van der Waals surface area (Å²) < 4.78 is 2.27. The van der Waals surface area contributed by atoms with Crippen LogP contribution in [0.1, 0.15) is 0 Å². The molecular formula is C35H22N4. The van der Waals surface area contributed by atoms with Crippen molar-refractivity contribution in [2.75, 3.05) is 0 Å². The van der Waals surface area contributed by atoms with Crippen LogP contribution in [0.3, 0.4) is 0 Å². The monoisotopic (exact) mass is 498 g/mol. The Hall–Kier alpha value is -5.35. The average Bonchev–Trinajstić information content (AvgIpc) is 3.35. The average molecular weight is 499 g/mol. The summed E-state index contributed by atoms with van der Waals surface area (Å²) in [4.78, 5) is 14.0. The van der Waals surface area contributed by atoms with Gasteiger partial charge >= 0.3 is 0 Å². The van der Waals surface area contributed by atoms with Crippen LogP contribution in [0.25, 0.3) is 71.6 Å². The maximum atomic E-state index is 4.92. The highest BCUT2D eigenvalue weighted by Crippen LogP contribution is 2.39. The second-order valence-electron chi connectivity index (χ2n) is 9.78. The van der Waals surface area contributed by atoms with Gasteiger partial charge in [-0.05, 0) is 58.6 Å². The fraction of sp³-hybridized carbons (Fsp3) is 0. The van der Waals surface area contributed by atoms with Gasteiger partial charge in [-0.3, -0.25) is 14.5 Å². The molecule has 0 aliphatic heterocycles. The molecule has 0 fully saturated rings. The van der Waals surface area contributed by atoms with Crippen molar-refractivity contribution in [3.63, 3.8) is 0 Å². The normalized spacial score (nSPS) is 11.6. The predicted molar refractivity (Wildman–Crippen MR) is 160 cm³/mol. The lowest BCUT2D eigenvalue weighted by Crippen LogP contribution is -1.97. The first-order valence-electron chi connectivity index (χ1n) is 13.0. The van der Waals surface area contributed by atoms with E-state index in [2.05, 4.69) is 113 Å². The summed E-state index contributed by atoms with van der Waals surface area (Å²) in [5.41, 5.74) is 6.45. The molecule has 0 aliphatic carbocycles. The van der Waals surface area contributed by atoms with Crippen molar-refractivity contribution < 1.29 is 0 Å². The molecule has 0 amide bonds. The molecule has 0 bridgehead atoms. The fourth-order valence-electron chi connectivity index (χ4n) is 5.76. The van der Waals surface area contributed by atoms with Crippen LogP contribution >= 0.6 is 0 Å². The Morgan fingerprint density at radius 2 is 1.26 bits per heavy atom. The van der Waals surface area contributed by atoms with E-state index in [0.717, 1.165) is 44.6 Å². The zero-order chi connectivity index (χ0) is 25.8. The first kappa shape index (κ1) is 21.7. The summed E-state index contributed by atoms with van der Waals surface area (Å²) in [5, 5.41) is 7.20. The number of rotatable bonds is 3. The van der Waals surface area contributed by atoms with Gasteiger partial charge in [0.05, 0.1) is 16.7 Å². The zero-order valence-electron chi connectivity index (χ0n) is 21.0. The van der Waals surface area contributed by atoms with Gasteiger partial charge in [-0.15, -0.1) is 0 Å². The van der Waals surface area contributed by atoms with Gasteiger partial charge in [0.15, 0.2) is 0 Å². The van der Waals surface area contributed by atoms with Crippen molar-refractivity contribution in [3.05, 3.63) is 134 Å². The summed E-state index contributed by atoms with van der Waals surface area (Å²) in [6.45, 7) is 0. The molecule has 8 aromatic rings. The van der Waals surface area contributed by atoms with Crippen LogP contribution in [0.4, 0.5) is 0 Å². The van der Waals surface area contributed by atoms with Crippen molar-refractivity contribution in [2.45, 2.75) is 0 Å². The van der Waals surface area contributed by atoms with E-state index in [1.165, 1.54) is 26.9 Å². The highest BCUT2D eigenvalue weighted by atomic mass is 15.1. The van der Waals surface area contributed by atoms with Crippen LogP contribution in [-0.4, -0.2) is 19.5 Å². The first-order chi connectivity index (χ1) is 19.3. The van der Waals surface area contributed by atoms with Crippen LogP contribution in [0, 0.1) is 0 Å². The van der Waals surface area contributed by atoms with Gasteiger partial charge in [0, 0.05) is 57.6 Å². The van der Waals surface area contributed by atoms with Gasteiger partial charge in [0.2, 0.25) is 0 Å². The topological polar surface area (TPSA) is 43.6 Å². The maximum absolute atomic E-state index is 4.92. The molecule has 8 rings (SSSR count). The third-order valence-electron chi connectivity index (χ3n) is 7.57. The first-order valence-corrected chi connectivity index (χ1v) is 13.0. The molecule has 0 spiro atoms. The minimum Gasteiger partial charge on any atom is -0.294 e. The molecule has 0 aliphatic rings. The lowest BCUT2D eigenvalue weighted by Gasteiger charge is -2.09. The van der Waals surface area contributed by atoms with E-state index in [4.69, 9.17) is 9.97 Å². The molecular weight excluding hydrogens is 476 g/mol. The number of hydrogen-bond acceptors (Lipinski definition) is 3. The number of fused-ring (bicyclic) bond motifs is 6. The van der Waals surface area contributed by atoms with Crippen LogP contribution in [0.15, 0.2) is 134 Å². The molecule has 0 radical (unpaired) electrons. The van der Waals surface area contributed by atoms with Gasteiger partial charge < -0.3 is 0 Å². The fourth-order valence-corrected chi connectivity index (χ4v) is 5.76. The molecule has 4 aromatic heterocycles. The summed E-state index contributed by atoms with van der Waals surface area (Å²) in [7, 11) is 0. The van der Waals surface area contributed by atoms with Crippen molar-refractivity contribution >= 4 is 43.4 Å². The van der Waals surface area contributed by atoms with Crippen molar-refractivity contribution in [1.29, 1.82) is 0 Å². The van der Waals surface area contributed by atoms with E-state index in [0.29, 0.717) is 0 Å². The minimum atomic E-state index is 0.883. The largest absolute Gasteiger partial charge is 0.294 e. The molecule has 4 nitrogen and oxygen atoms in total. The minimum absolute atomic E-state index is 0.883. The molecule has 4 heterocycles. The number of aromatic nitrogens is 4. The van der Waals surface area contributed by atoms with Crippen LogP contribution in [0.5, 0.6) is 0 Å². The van der Waals surface area contributed by atoms with Gasteiger partial charge in [-0.25, -0.2) is 4.98 Å². The van der Waals surface area contributed by atoms with Crippen LogP contribution in [0.2, 0.25) is 0 Å². The molecule has 0 saturated carbocycles. The van der Waals surface area contributed by atoms with E-state index in [1.54, 1.807) is 6.20 Å². The Balaban J connectivity index is 1.41. The number of benzene rings is 4. The van der Waals surface area contributed by atoms with E-state index in [-0.39, 0.29) is 0 Å². The molecule has 0 atom stereocenters. The molecule has 39 heavy (non-hydrogen) atoms. The Labute approximate surface area is 224 Å². The molecule has 0 unspecified atom stereocenters. The van der Waals surface area contributed by atoms with Gasteiger partial charge in [-0.1, -0.05) is 66.7 Å². The van der Waals surface area contributed by atoms with Crippen molar-refractivity contribution in [2.24, 2.45) is 0 Å². The van der Waals surface area contributed by atoms with E-state index in [1.807, 2.05) is 24.7 Å². The maximum Gasteiger partial charge on any atom is 0.137 e. The van der Waals surface area contributed by atoms with E-state index < -0.39 is 0 Å². The molecule has 182 valence electrons. The Bertz CT molecular complexity index is 2160. The van der Waals surface area contributed by atoms with Gasteiger partial charge in [-0.2, -0.15) is 0 Å². The lowest BCUT2D eigenvalue weighted by atomic mass is 10.00. The standard InChI is InChI=1S/C35H22N4/c1-3-9-28-23(6-1)11-15-32-34(28)30-20-25(35-29-10-4-2-7-24(29)17-19-37-35)12-14-31(30)39(32)33-16-13-27(22-38-33)26-8-5-18-36-21-26/h1-22H. The zero-order valence-corrected chi connectivity index (χ0v) is 21.0. The summed E-state index contributed by atoms with van der Waals surface area (Å²) in [6, 6.07) is 38.4. The smallest absolute Gasteiger partial charge is 0.137 e. The van der Waals surface area contributed by atoms with Gasteiger partial charge in [0.25, 0.3) is 0 Å². The SMILES string of the molecule is c1cncc(-c2ccc(-n3c4ccc(-c5nccc6ccccc56)cc4c4c5ccccc5ccc43)nc2)c1. The Morgan fingerprint density at radius 1 is 0.487 bits per heavy atom. The summed E-state index contributed by atoms with van der Waals surface area (Å²) >= 11 is 0. The van der Waals surface area contributed by atoms with Crippen LogP contribution in [-0.2, 0) is 0 Å². The highest BCUT2D eigenvalue weighted by molar-refractivity contribution is 6.22. The summed E-state index contributed by atoms with van der Waals surface area (Å²) in [5.74, 6) is 0.883. The van der Waals surface area contributed by atoms with E-state index >= 15 is 0 Å². The number of hydrogen-bond donors (Lipinski definition) is 0. The van der Waals surface area contributed by atoms with Gasteiger partial charge in [0.1, 0.15) is 5.82 Å². The molecule has 0 N–H and O–H groups in total. The third-order valence-corrected chi connectivity index (χ3v) is 7.57. The second-order valence-corrected chi connectivity index (χ2v) is 9.78. The molecule has 4 heteroatoms. The Morgan fingerprint density at radius 3 is 2.08 bits per heavy atom. The quantitative estimate of drug-likeness (QED) is 0.245.